The van der Waals surface area contributed by atoms with Crippen molar-refractivity contribution in [3.05, 3.63) is 56.7 Å². The third kappa shape index (κ3) is 2.64. The molecule has 0 fully saturated rings. The molecular formula is C11H10N4O3. The molecule has 92 valence electrons. The van der Waals surface area contributed by atoms with Crippen molar-refractivity contribution in [2.75, 3.05) is 5.32 Å². The second-order valence-electron chi connectivity index (χ2n) is 3.57. The van der Waals surface area contributed by atoms with E-state index in [1.165, 1.54) is 18.2 Å². The number of hydrogen-bond donors (Lipinski definition) is 4. The minimum absolute atomic E-state index is 0.260. The highest BCUT2D eigenvalue weighted by Crippen LogP contribution is 2.13. The Morgan fingerprint density at radius 3 is 2.33 bits per heavy atom. The van der Waals surface area contributed by atoms with Gasteiger partial charge in [-0.3, -0.25) is 19.6 Å². The Labute approximate surface area is 101 Å². The molecule has 0 aliphatic heterocycles. The third-order valence-electron chi connectivity index (χ3n) is 2.21. The van der Waals surface area contributed by atoms with Crippen LogP contribution in [0.5, 0.6) is 0 Å². The Hall–Kier alpha value is -2.83. The number of carbonyl (C=O) groups is 1. The lowest BCUT2D eigenvalue weighted by Crippen LogP contribution is -2.22. The van der Waals surface area contributed by atoms with E-state index in [4.69, 9.17) is 5.73 Å². The predicted octanol–water partition coefficient (Wildman–Crippen LogP) is -0.0943. The molecule has 0 spiro atoms. The van der Waals surface area contributed by atoms with Gasteiger partial charge in [-0.15, -0.1) is 0 Å². The zero-order chi connectivity index (χ0) is 13.1. The van der Waals surface area contributed by atoms with Crippen LogP contribution in [0.15, 0.2) is 39.9 Å². The number of benzene rings is 1. The zero-order valence-corrected chi connectivity index (χ0v) is 9.19. The number of aromatic amines is 2. The Bertz CT molecular complexity index is 656. The summed E-state index contributed by atoms with van der Waals surface area (Å²) in [5, 5.41) is 2.82. The fourth-order valence-corrected chi connectivity index (χ4v) is 1.41. The van der Waals surface area contributed by atoms with Crippen LogP contribution in [0.4, 0.5) is 11.5 Å². The molecule has 0 saturated carbocycles. The molecule has 0 aliphatic carbocycles. The number of hydrogen-bond acceptors (Lipinski definition) is 4. The van der Waals surface area contributed by atoms with Crippen molar-refractivity contribution < 1.29 is 4.79 Å². The average Bonchev–Trinajstić information content (AvgIpc) is 2.28. The molecule has 1 aromatic heterocycles. The molecule has 1 heterocycles. The molecule has 0 saturated heterocycles. The highest BCUT2D eigenvalue weighted by molar-refractivity contribution is 5.93. The van der Waals surface area contributed by atoms with Crippen LogP contribution >= 0.6 is 0 Å². The minimum atomic E-state index is -0.598. The lowest BCUT2D eigenvalue weighted by Gasteiger charge is -2.05. The maximum atomic E-state index is 11.1. The van der Waals surface area contributed by atoms with Crippen molar-refractivity contribution in [1.29, 1.82) is 0 Å². The number of primary amides is 1. The maximum Gasteiger partial charge on any atom is 0.327 e. The molecule has 0 bridgehead atoms. The van der Waals surface area contributed by atoms with Gasteiger partial charge in [-0.05, 0) is 24.3 Å². The molecule has 1 aromatic carbocycles. The number of nitrogens with one attached hydrogen (secondary N) is 3. The van der Waals surface area contributed by atoms with E-state index in [0.717, 1.165) is 0 Å². The van der Waals surface area contributed by atoms with Crippen LogP contribution in [-0.4, -0.2) is 15.9 Å². The highest BCUT2D eigenvalue weighted by atomic mass is 16.2. The minimum Gasteiger partial charge on any atom is -0.366 e. The van der Waals surface area contributed by atoms with Crippen molar-refractivity contribution in [3.8, 4) is 0 Å². The van der Waals surface area contributed by atoms with Gasteiger partial charge >= 0.3 is 5.69 Å². The summed E-state index contributed by atoms with van der Waals surface area (Å²) in [7, 11) is 0. The van der Waals surface area contributed by atoms with Crippen LogP contribution in [0.3, 0.4) is 0 Å². The molecule has 1 amide bonds. The Morgan fingerprint density at radius 2 is 1.78 bits per heavy atom. The van der Waals surface area contributed by atoms with Crippen molar-refractivity contribution >= 4 is 17.4 Å². The summed E-state index contributed by atoms with van der Waals surface area (Å²) in [6.07, 6.45) is 0. The second-order valence-corrected chi connectivity index (χ2v) is 3.57. The molecular weight excluding hydrogens is 236 g/mol. The summed E-state index contributed by atoms with van der Waals surface area (Å²) in [4.78, 5) is 37.4. The van der Waals surface area contributed by atoms with E-state index < -0.39 is 17.2 Å². The monoisotopic (exact) mass is 246 g/mol. The molecule has 5 N–H and O–H groups in total. The van der Waals surface area contributed by atoms with Crippen molar-refractivity contribution in [3.63, 3.8) is 0 Å². The lowest BCUT2D eigenvalue weighted by atomic mass is 10.2. The number of amides is 1. The number of aromatic nitrogens is 2. The van der Waals surface area contributed by atoms with Gasteiger partial charge in [0.05, 0.1) is 0 Å². The van der Waals surface area contributed by atoms with E-state index in [-0.39, 0.29) is 5.82 Å². The molecule has 2 aromatic rings. The standard InChI is InChI=1S/C11H10N4O3/c12-10(17)6-1-3-7(4-2-6)13-8-5-9(16)15-11(18)14-8/h1-5H,(H2,12,17)(H3,13,14,15,16,18). The predicted molar refractivity (Wildman–Crippen MR) is 65.9 cm³/mol. The maximum absolute atomic E-state index is 11.1. The van der Waals surface area contributed by atoms with Gasteiger partial charge in [-0.1, -0.05) is 0 Å². The van der Waals surface area contributed by atoms with Gasteiger partial charge < -0.3 is 11.1 Å². The van der Waals surface area contributed by atoms with Crippen molar-refractivity contribution in [1.82, 2.24) is 9.97 Å². The summed E-state index contributed by atoms with van der Waals surface area (Å²) < 4.78 is 0. The quantitative estimate of drug-likeness (QED) is 0.604. The number of anilines is 2. The molecule has 0 atom stereocenters. The summed E-state index contributed by atoms with van der Waals surface area (Å²) >= 11 is 0. The van der Waals surface area contributed by atoms with Gasteiger partial charge in [0.25, 0.3) is 5.56 Å². The Balaban J connectivity index is 2.26. The van der Waals surface area contributed by atoms with E-state index in [1.54, 1.807) is 12.1 Å². The third-order valence-corrected chi connectivity index (χ3v) is 2.21. The summed E-state index contributed by atoms with van der Waals surface area (Å²) in [6.45, 7) is 0. The molecule has 0 aliphatic rings. The SMILES string of the molecule is NC(=O)c1ccc(Nc2cc(=O)[nH]c(=O)[nH]2)cc1. The van der Waals surface area contributed by atoms with Gasteiger partial charge in [-0.25, -0.2) is 4.79 Å². The number of nitrogens with two attached hydrogens (primary N) is 1. The first-order valence-electron chi connectivity index (χ1n) is 5.05. The summed E-state index contributed by atoms with van der Waals surface area (Å²) in [5.74, 6) is -0.262. The van der Waals surface area contributed by atoms with Crippen molar-refractivity contribution in [2.24, 2.45) is 5.73 Å². The average molecular weight is 246 g/mol. The first kappa shape index (κ1) is 11.6. The first-order chi connectivity index (χ1) is 8.54. The number of rotatable bonds is 3. The fraction of sp³-hybridized carbons (Fsp3) is 0. The van der Waals surface area contributed by atoms with Gasteiger partial charge in [0, 0.05) is 17.3 Å². The smallest absolute Gasteiger partial charge is 0.327 e. The van der Waals surface area contributed by atoms with Gasteiger partial charge in [0.15, 0.2) is 0 Å². The van der Waals surface area contributed by atoms with E-state index in [2.05, 4.69) is 15.3 Å². The van der Waals surface area contributed by atoms with E-state index in [9.17, 15) is 14.4 Å². The Morgan fingerprint density at radius 1 is 1.11 bits per heavy atom. The molecule has 7 heteroatoms. The first-order valence-corrected chi connectivity index (χ1v) is 5.05. The van der Waals surface area contributed by atoms with Crippen LogP contribution in [-0.2, 0) is 0 Å². The van der Waals surface area contributed by atoms with Crippen LogP contribution in [0, 0.1) is 0 Å². The largest absolute Gasteiger partial charge is 0.366 e. The summed E-state index contributed by atoms with van der Waals surface area (Å²) in [6, 6.07) is 7.51. The van der Waals surface area contributed by atoms with Gasteiger partial charge in [-0.2, -0.15) is 0 Å². The zero-order valence-electron chi connectivity index (χ0n) is 9.19. The van der Waals surface area contributed by atoms with Crippen LogP contribution < -0.4 is 22.3 Å². The van der Waals surface area contributed by atoms with Gasteiger partial charge in [0.2, 0.25) is 5.91 Å². The normalized spacial score (nSPS) is 10.0. The van der Waals surface area contributed by atoms with E-state index >= 15 is 0 Å². The summed E-state index contributed by atoms with van der Waals surface area (Å²) in [5.41, 5.74) is 4.99. The molecule has 7 nitrogen and oxygen atoms in total. The van der Waals surface area contributed by atoms with Crippen LogP contribution in [0.2, 0.25) is 0 Å². The topological polar surface area (TPSA) is 121 Å². The number of H-pyrrole nitrogens is 2. The number of carbonyl (C=O) groups excluding carboxylic acids is 1. The lowest BCUT2D eigenvalue weighted by molar-refractivity contribution is 0.100. The van der Waals surface area contributed by atoms with E-state index in [0.29, 0.717) is 11.3 Å². The molecule has 2 rings (SSSR count). The van der Waals surface area contributed by atoms with E-state index in [1.807, 2.05) is 0 Å². The second kappa shape index (κ2) is 4.58. The molecule has 0 unspecified atom stereocenters. The van der Waals surface area contributed by atoms with Crippen LogP contribution in [0.1, 0.15) is 10.4 Å². The fourth-order valence-electron chi connectivity index (χ4n) is 1.41. The Kier molecular flexibility index (Phi) is 2.96. The van der Waals surface area contributed by atoms with Gasteiger partial charge in [0.1, 0.15) is 5.82 Å². The van der Waals surface area contributed by atoms with Crippen molar-refractivity contribution in [2.45, 2.75) is 0 Å². The van der Waals surface area contributed by atoms with Crippen LogP contribution in [0.25, 0.3) is 0 Å². The molecule has 0 radical (unpaired) electrons. The highest BCUT2D eigenvalue weighted by Gasteiger charge is 2.01. The molecule has 18 heavy (non-hydrogen) atoms.